The van der Waals surface area contributed by atoms with Crippen LogP contribution < -0.4 is 10.1 Å². The van der Waals surface area contributed by atoms with Crippen LogP contribution in [-0.2, 0) is 20.9 Å². The van der Waals surface area contributed by atoms with Crippen molar-refractivity contribution in [2.75, 3.05) is 14.2 Å². The van der Waals surface area contributed by atoms with Crippen molar-refractivity contribution in [1.82, 2.24) is 5.32 Å². The molecule has 0 fully saturated rings. The number of nitrogens with one attached hydrogen (secondary N) is 1. The van der Waals surface area contributed by atoms with Crippen LogP contribution in [0, 0.1) is 5.92 Å². The number of benzene rings is 2. The Morgan fingerprint density at radius 3 is 2.14 bits per heavy atom. The zero-order valence-corrected chi connectivity index (χ0v) is 16.7. The summed E-state index contributed by atoms with van der Waals surface area (Å²) in [5, 5.41) is 2.68. The Balaban J connectivity index is 2.16. The minimum absolute atomic E-state index is 0.0620. The van der Waals surface area contributed by atoms with Gasteiger partial charge in [-0.05, 0) is 29.2 Å². The molecule has 0 heterocycles. The number of rotatable bonds is 8. The van der Waals surface area contributed by atoms with E-state index in [-0.39, 0.29) is 18.4 Å². The molecule has 0 unspecified atom stereocenters. The highest BCUT2D eigenvalue weighted by Crippen LogP contribution is 2.30. The molecule has 0 aliphatic carbocycles. The van der Waals surface area contributed by atoms with Crippen molar-refractivity contribution in [2.24, 2.45) is 5.92 Å². The van der Waals surface area contributed by atoms with Gasteiger partial charge in [0, 0.05) is 5.92 Å². The molecule has 0 aliphatic heterocycles. The SMILES string of the molecule is COC(=O)[C@H](NC(=O)OCc1ccccc1)[C@@H](c1ccc(OC)cc1)C(C)C. The van der Waals surface area contributed by atoms with Gasteiger partial charge in [-0.15, -0.1) is 0 Å². The molecule has 2 rings (SSSR count). The Kier molecular flexibility index (Phi) is 7.87. The first-order valence-electron chi connectivity index (χ1n) is 9.15. The maximum atomic E-state index is 12.4. The van der Waals surface area contributed by atoms with Gasteiger partial charge < -0.3 is 19.5 Å². The molecule has 2 aromatic carbocycles. The first-order valence-corrected chi connectivity index (χ1v) is 9.15. The minimum Gasteiger partial charge on any atom is -0.497 e. The van der Waals surface area contributed by atoms with Crippen molar-refractivity contribution < 1.29 is 23.8 Å². The second-order valence-corrected chi connectivity index (χ2v) is 6.75. The van der Waals surface area contributed by atoms with Gasteiger partial charge in [0.25, 0.3) is 0 Å². The van der Waals surface area contributed by atoms with Crippen molar-refractivity contribution in [3.05, 3.63) is 65.7 Å². The highest BCUT2D eigenvalue weighted by molar-refractivity contribution is 5.82. The quantitative estimate of drug-likeness (QED) is 0.698. The van der Waals surface area contributed by atoms with Crippen molar-refractivity contribution in [3.63, 3.8) is 0 Å². The molecule has 2 atom stereocenters. The number of carbonyl (C=O) groups excluding carboxylic acids is 2. The van der Waals surface area contributed by atoms with Crippen LogP contribution in [0.3, 0.4) is 0 Å². The zero-order chi connectivity index (χ0) is 20.5. The third-order valence-electron chi connectivity index (χ3n) is 4.52. The Labute approximate surface area is 165 Å². The molecule has 0 aromatic heterocycles. The summed E-state index contributed by atoms with van der Waals surface area (Å²) in [6, 6.07) is 15.9. The normalized spacial score (nSPS) is 12.8. The smallest absolute Gasteiger partial charge is 0.408 e. The van der Waals surface area contributed by atoms with Crippen LogP contribution in [0.25, 0.3) is 0 Å². The van der Waals surface area contributed by atoms with Crippen LogP contribution in [0.2, 0.25) is 0 Å². The number of alkyl carbamates (subject to hydrolysis) is 1. The van der Waals surface area contributed by atoms with E-state index in [4.69, 9.17) is 14.2 Å². The lowest BCUT2D eigenvalue weighted by Crippen LogP contribution is -2.47. The van der Waals surface area contributed by atoms with Gasteiger partial charge in [-0.25, -0.2) is 9.59 Å². The number of carbonyl (C=O) groups is 2. The average molecular weight is 385 g/mol. The molecule has 0 saturated heterocycles. The van der Waals surface area contributed by atoms with Crippen LogP contribution in [0.15, 0.2) is 54.6 Å². The molecule has 0 radical (unpaired) electrons. The number of amides is 1. The van der Waals surface area contributed by atoms with E-state index < -0.39 is 18.1 Å². The van der Waals surface area contributed by atoms with Crippen LogP contribution in [0.1, 0.15) is 30.9 Å². The second kappa shape index (κ2) is 10.3. The van der Waals surface area contributed by atoms with Gasteiger partial charge in [-0.1, -0.05) is 56.3 Å². The van der Waals surface area contributed by atoms with E-state index >= 15 is 0 Å². The van der Waals surface area contributed by atoms with Gasteiger partial charge in [0.2, 0.25) is 0 Å². The summed E-state index contributed by atoms with van der Waals surface area (Å²) in [7, 11) is 2.90. The Bertz CT molecular complexity index is 758. The van der Waals surface area contributed by atoms with E-state index in [0.29, 0.717) is 0 Å². The molecule has 150 valence electrons. The van der Waals surface area contributed by atoms with Crippen LogP contribution in [0.5, 0.6) is 5.75 Å². The molecule has 2 aromatic rings. The highest BCUT2D eigenvalue weighted by Gasteiger charge is 2.34. The molecule has 28 heavy (non-hydrogen) atoms. The predicted octanol–water partition coefficient (Wildman–Crippen LogP) is 3.90. The largest absolute Gasteiger partial charge is 0.497 e. The molecule has 6 heteroatoms. The summed E-state index contributed by atoms with van der Waals surface area (Å²) in [4.78, 5) is 24.8. The summed E-state index contributed by atoms with van der Waals surface area (Å²) in [6.45, 7) is 4.10. The Morgan fingerprint density at radius 2 is 1.61 bits per heavy atom. The second-order valence-electron chi connectivity index (χ2n) is 6.75. The summed E-state index contributed by atoms with van der Waals surface area (Å²) in [6.07, 6.45) is -0.668. The zero-order valence-electron chi connectivity index (χ0n) is 16.7. The molecule has 0 saturated carbocycles. The monoisotopic (exact) mass is 385 g/mol. The third kappa shape index (κ3) is 5.74. The van der Waals surface area contributed by atoms with Crippen molar-refractivity contribution in [2.45, 2.75) is 32.4 Å². The van der Waals surface area contributed by atoms with E-state index in [1.807, 2.05) is 68.4 Å². The molecular formula is C22H27NO5. The van der Waals surface area contributed by atoms with Gasteiger partial charge in [0.1, 0.15) is 18.4 Å². The summed E-state index contributed by atoms with van der Waals surface area (Å²) in [5.74, 6) is -0.0307. The maximum absolute atomic E-state index is 12.4. The third-order valence-corrected chi connectivity index (χ3v) is 4.52. The standard InChI is InChI=1S/C22H27NO5/c1-15(2)19(17-10-12-18(26-3)13-11-17)20(21(24)27-4)23-22(25)28-14-16-8-6-5-7-9-16/h5-13,15,19-20H,14H2,1-4H3,(H,23,25)/t19-,20-/m1/s1. The molecule has 6 nitrogen and oxygen atoms in total. The number of esters is 1. The molecule has 1 amide bonds. The Hall–Kier alpha value is -3.02. The molecule has 0 aliphatic rings. The van der Waals surface area contributed by atoms with Crippen molar-refractivity contribution in [3.8, 4) is 5.75 Å². The molecular weight excluding hydrogens is 358 g/mol. The summed E-state index contributed by atoms with van der Waals surface area (Å²) < 4.78 is 15.4. The van der Waals surface area contributed by atoms with Gasteiger partial charge >= 0.3 is 12.1 Å². The Morgan fingerprint density at radius 1 is 0.964 bits per heavy atom. The number of hydrogen-bond donors (Lipinski definition) is 1. The predicted molar refractivity (Wildman–Crippen MR) is 106 cm³/mol. The topological polar surface area (TPSA) is 73.9 Å². The fourth-order valence-electron chi connectivity index (χ4n) is 3.10. The van der Waals surface area contributed by atoms with E-state index in [2.05, 4.69) is 5.32 Å². The highest BCUT2D eigenvalue weighted by atomic mass is 16.6. The number of hydrogen-bond acceptors (Lipinski definition) is 5. The number of methoxy groups -OCH3 is 2. The van der Waals surface area contributed by atoms with Crippen molar-refractivity contribution >= 4 is 12.1 Å². The lowest BCUT2D eigenvalue weighted by Gasteiger charge is -2.29. The summed E-state index contributed by atoms with van der Waals surface area (Å²) in [5.41, 5.74) is 1.76. The first-order chi connectivity index (χ1) is 13.5. The van der Waals surface area contributed by atoms with Crippen LogP contribution in [0.4, 0.5) is 4.79 Å². The van der Waals surface area contributed by atoms with E-state index in [9.17, 15) is 9.59 Å². The first kappa shape index (κ1) is 21.3. The lowest BCUT2D eigenvalue weighted by atomic mass is 9.82. The van der Waals surface area contributed by atoms with E-state index in [1.54, 1.807) is 7.11 Å². The fourth-order valence-corrected chi connectivity index (χ4v) is 3.10. The van der Waals surface area contributed by atoms with Crippen LogP contribution in [-0.4, -0.2) is 32.3 Å². The minimum atomic E-state index is -0.873. The van der Waals surface area contributed by atoms with Crippen LogP contribution >= 0.6 is 0 Å². The molecule has 0 bridgehead atoms. The van der Waals surface area contributed by atoms with Gasteiger partial charge in [0.05, 0.1) is 14.2 Å². The molecule has 0 spiro atoms. The van der Waals surface area contributed by atoms with E-state index in [1.165, 1.54) is 7.11 Å². The summed E-state index contributed by atoms with van der Waals surface area (Å²) >= 11 is 0. The molecule has 1 N–H and O–H groups in total. The van der Waals surface area contributed by atoms with Gasteiger partial charge in [-0.3, -0.25) is 0 Å². The van der Waals surface area contributed by atoms with E-state index in [0.717, 1.165) is 16.9 Å². The number of ether oxygens (including phenoxy) is 3. The van der Waals surface area contributed by atoms with Gasteiger partial charge in [-0.2, -0.15) is 0 Å². The maximum Gasteiger partial charge on any atom is 0.408 e. The average Bonchev–Trinajstić information content (AvgIpc) is 2.72. The van der Waals surface area contributed by atoms with Crippen molar-refractivity contribution in [1.29, 1.82) is 0 Å². The fraction of sp³-hybridized carbons (Fsp3) is 0.364. The lowest BCUT2D eigenvalue weighted by molar-refractivity contribution is -0.144. The van der Waals surface area contributed by atoms with Gasteiger partial charge in [0.15, 0.2) is 0 Å².